The number of carbonyl (C=O) groups excluding carboxylic acids is 1. The van der Waals surface area contributed by atoms with Gasteiger partial charge >= 0.3 is 0 Å². The second-order valence-corrected chi connectivity index (χ2v) is 5.63. The fourth-order valence-electron chi connectivity index (χ4n) is 2.51. The molecule has 2 heterocycles. The van der Waals surface area contributed by atoms with Gasteiger partial charge in [-0.25, -0.2) is 15.0 Å². The van der Waals surface area contributed by atoms with Crippen molar-refractivity contribution in [2.45, 2.75) is 32.4 Å². The maximum Gasteiger partial charge on any atom is 0.254 e. The van der Waals surface area contributed by atoms with Gasteiger partial charge in [-0.05, 0) is 12.0 Å². The van der Waals surface area contributed by atoms with Crippen molar-refractivity contribution in [3.8, 4) is 0 Å². The van der Waals surface area contributed by atoms with Gasteiger partial charge in [0.05, 0.1) is 11.6 Å². The highest BCUT2D eigenvalue weighted by atomic mass is 16.1. The number of hydrogen-bond acceptors (Lipinski definition) is 5. The van der Waals surface area contributed by atoms with Gasteiger partial charge in [-0.15, -0.1) is 0 Å². The van der Waals surface area contributed by atoms with Gasteiger partial charge in [0.1, 0.15) is 18.5 Å². The molecular formula is C18H20N6O. The van der Waals surface area contributed by atoms with E-state index in [4.69, 9.17) is 0 Å². The molecule has 0 fully saturated rings. The number of carbonyl (C=O) groups is 1. The molecule has 25 heavy (non-hydrogen) atoms. The molecule has 0 saturated carbocycles. The molecule has 0 aliphatic rings. The minimum atomic E-state index is -0.185. The Morgan fingerprint density at radius 2 is 1.96 bits per heavy atom. The molecule has 1 N–H and O–H groups in total. The Bertz CT molecular complexity index is 786. The van der Waals surface area contributed by atoms with Crippen LogP contribution in [0.15, 0.2) is 55.4 Å². The van der Waals surface area contributed by atoms with Crippen LogP contribution in [0.2, 0.25) is 0 Å². The van der Waals surface area contributed by atoms with Gasteiger partial charge in [-0.1, -0.05) is 37.3 Å². The third-order valence-electron chi connectivity index (χ3n) is 3.90. The summed E-state index contributed by atoms with van der Waals surface area (Å²) in [4.78, 5) is 24.9. The summed E-state index contributed by atoms with van der Waals surface area (Å²) in [6.07, 6.45) is 7.75. The smallest absolute Gasteiger partial charge is 0.254 e. The zero-order valence-corrected chi connectivity index (χ0v) is 14.0. The molecular weight excluding hydrogens is 316 g/mol. The predicted molar refractivity (Wildman–Crippen MR) is 92.7 cm³/mol. The van der Waals surface area contributed by atoms with Crippen molar-refractivity contribution in [1.82, 2.24) is 30.0 Å². The summed E-state index contributed by atoms with van der Waals surface area (Å²) in [5.41, 5.74) is 1.50. The number of benzene rings is 1. The van der Waals surface area contributed by atoms with E-state index in [9.17, 15) is 4.79 Å². The summed E-state index contributed by atoms with van der Waals surface area (Å²) in [6, 6.07) is 9.75. The van der Waals surface area contributed by atoms with E-state index in [2.05, 4.69) is 25.4 Å². The van der Waals surface area contributed by atoms with Crippen molar-refractivity contribution < 1.29 is 4.79 Å². The van der Waals surface area contributed by atoms with E-state index >= 15 is 0 Å². The van der Waals surface area contributed by atoms with Gasteiger partial charge in [0.15, 0.2) is 0 Å². The average Bonchev–Trinajstić information content (AvgIpc) is 3.19. The van der Waals surface area contributed by atoms with Gasteiger partial charge < -0.3 is 5.32 Å². The van der Waals surface area contributed by atoms with Gasteiger partial charge in [0, 0.05) is 25.4 Å². The van der Waals surface area contributed by atoms with Gasteiger partial charge in [-0.2, -0.15) is 5.10 Å². The van der Waals surface area contributed by atoms with E-state index in [1.807, 2.05) is 37.3 Å². The highest BCUT2D eigenvalue weighted by molar-refractivity contribution is 5.93. The molecule has 128 valence electrons. The van der Waals surface area contributed by atoms with Crippen molar-refractivity contribution >= 4 is 5.91 Å². The van der Waals surface area contributed by atoms with Gasteiger partial charge in [0.25, 0.3) is 5.91 Å². The summed E-state index contributed by atoms with van der Waals surface area (Å²) in [5, 5.41) is 7.18. The first-order valence-electron chi connectivity index (χ1n) is 8.25. The summed E-state index contributed by atoms with van der Waals surface area (Å²) in [7, 11) is 0. The van der Waals surface area contributed by atoms with E-state index in [1.165, 1.54) is 6.33 Å². The first kappa shape index (κ1) is 16.8. The lowest BCUT2D eigenvalue weighted by Gasteiger charge is -2.19. The summed E-state index contributed by atoms with van der Waals surface area (Å²) in [6.45, 7) is 2.63. The van der Waals surface area contributed by atoms with Crippen molar-refractivity contribution in [3.05, 3.63) is 72.3 Å². The molecule has 3 aromatic rings. The average molecular weight is 336 g/mol. The highest BCUT2D eigenvalue weighted by Crippen LogP contribution is 2.18. The van der Waals surface area contributed by atoms with Crippen LogP contribution in [0.25, 0.3) is 0 Å². The van der Waals surface area contributed by atoms with Crippen LogP contribution in [-0.4, -0.2) is 30.6 Å². The topological polar surface area (TPSA) is 85.6 Å². The lowest BCUT2D eigenvalue weighted by Crippen LogP contribution is -2.29. The molecule has 3 rings (SSSR count). The quantitative estimate of drug-likeness (QED) is 0.715. The number of hydrogen-bond donors (Lipinski definition) is 1. The van der Waals surface area contributed by atoms with Crippen LogP contribution in [-0.2, 0) is 13.0 Å². The minimum Gasteiger partial charge on any atom is -0.345 e. The summed E-state index contributed by atoms with van der Waals surface area (Å²) in [5.74, 6) is 0.539. The van der Waals surface area contributed by atoms with Crippen LogP contribution in [0.3, 0.4) is 0 Å². The van der Waals surface area contributed by atoms with Gasteiger partial charge in [0.2, 0.25) is 0 Å². The monoisotopic (exact) mass is 336 g/mol. The fourth-order valence-corrected chi connectivity index (χ4v) is 2.51. The van der Waals surface area contributed by atoms with Crippen molar-refractivity contribution in [2.24, 2.45) is 0 Å². The number of nitrogens with zero attached hydrogens (tertiary/aromatic N) is 5. The molecule has 0 bridgehead atoms. The molecule has 0 saturated heterocycles. The lowest BCUT2D eigenvalue weighted by molar-refractivity contribution is 0.0932. The van der Waals surface area contributed by atoms with Crippen molar-refractivity contribution in [1.29, 1.82) is 0 Å². The van der Waals surface area contributed by atoms with E-state index in [1.54, 1.807) is 23.4 Å². The molecule has 7 heteroatoms. The Morgan fingerprint density at radius 1 is 1.20 bits per heavy atom. The third-order valence-corrected chi connectivity index (χ3v) is 3.90. The van der Waals surface area contributed by atoms with Crippen LogP contribution < -0.4 is 5.32 Å². The molecule has 1 atom stereocenters. The van der Waals surface area contributed by atoms with Crippen LogP contribution in [0.1, 0.15) is 41.1 Å². The Morgan fingerprint density at radius 3 is 2.60 bits per heavy atom. The zero-order valence-electron chi connectivity index (χ0n) is 14.0. The first-order chi connectivity index (χ1) is 12.3. The maximum absolute atomic E-state index is 12.6. The summed E-state index contributed by atoms with van der Waals surface area (Å²) >= 11 is 0. The maximum atomic E-state index is 12.6. The van der Waals surface area contributed by atoms with Crippen LogP contribution in [0.5, 0.6) is 0 Å². The molecule has 1 amide bonds. The van der Waals surface area contributed by atoms with Crippen molar-refractivity contribution in [2.75, 3.05) is 0 Å². The zero-order chi connectivity index (χ0) is 17.5. The normalized spacial score (nSPS) is 11.9. The number of aryl methyl sites for hydroxylation is 2. The van der Waals surface area contributed by atoms with E-state index in [0.717, 1.165) is 17.8 Å². The molecule has 0 unspecified atom stereocenters. The first-order valence-corrected chi connectivity index (χ1v) is 8.25. The summed E-state index contributed by atoms with van der Waals surface area (Å²) < 4.78 is 1.75. The second-order valence-electron chi connectivity index (χ2n) is 5.63. The predicted octanol–water partition coefficient (Wildman–Crippen LogP) is 2.19. The van der Waals surface area contributed by atoms with E-state index in [0.29, 0.717) is 18.5 Å². The molecule has 0 spiro atoms. The van der Waals surface area contributed by atoms with Gasteiger partial charge in [-0.3, -0.25) is 9.48 Å². The Kier molecular flexibility index (Phi) is 5.46. The van der Waals surface area contributed by atoms with Crippen LogP contribution in [0.4, 0.5) is 0 Å². The highest BCUT2D eigenvalue weighted by Gasteiger charge is 2.16. The molecule has 1 aromatic carbocycles. The Labute approximate surface area is 146 Å². The number of amides is 1. The molecule has 0 aliphatic heterocycles. The van der Waals surface area contributed by atoms with Crippen LogP contribution in [0, 0.1) is 0 Å². The number of aromatic nitrogens is 5. The second kappa shape index (κ2) is 8.14. The number of rotatable bonds is 7. The largest absolute Gasteiger partial charge is 0.345 e. The Balaban J connectivity index is 1.72. The molecule has 0 aliphatic carbocycles. The third kappa shape index (κ3) is 4.47. The minimum absolute atomic E-state index is 0.135. The Hall–Kier alpha value is -3.09. The standard InChI is InChI=1S/C18H20N6O/c1-2-17-20-10-15(11-21-17)18(25)23-16(14-6-4-3-5-7-14)8-9-24-13-19-12-22-24/h3-7,10-13,16H,2,8-9H2,1H3,(H,23,25)/t16-/m1/s1. The molecule has 0 radical (unpaired) electrons. The fraction of sp³-hybridized carbons (Fsp3) is 0.278. The van der Waals surface area contributed by atoms with E-state index < -0.39 is 0 Å². The number of nitrogens with one attached hydrogen (secondary N) is 1. The molecule has 7 nitrogen and oxygen atoms in total. The lowest BCUT2D eigenvalue weighted by atomic mass is 10.0. The van der Waals surface area contributed by atoms with E-state index in [-0.39, 0.29) is 11.9 Å². The SMILES string of the molecule is CCc1ncc(C(=O)N[C@H](CCn2cncn2)c2ccccc2)cn1. The van der Waals surface area contributed by atoms with Crippen molar-refractivity contribution in [3.63, 3.8) is 0 Å². The van der Waals surface area contributed by atoms with Crippen LogP contribution >= 0.6 is 0 Å². The molecule has 2 aromatic heterocycles.